The highest BCUT2D eigenvalue weighted by molar-refractivity contribution is 5.75. The first-order chi connectivity index (χ1) is 11.7. The van der Waals surface area contributed by atoms with Gasteiger partial charge in [0.15, 0.2) is 13.6 Å². The zero-order valence-electron chi connectivity index (χ0n) is 13.8. The topological polar surface area (TPSA) is 74.2 Å². The van der Waals surface area contributed by atoms with Crippen LogP contribution in [0.3, 0.4) is 0 Å². The summed E-state index contributed by atoms with van der Waals surface area (Å²) in [5.74, 6) is 1.35. The van der Waals surface area contributed by atoms with Gasteiger partial charge in [-0.05, 0) is 29.8 Å². The molecule has 0 unspecified atom stereocenters. The number of ether oxygens (including phenoxy) is 4. The third-order valence-electron chi connectivity index (χ3n) is 2.76. The first kappa shape index (κ1) is 19.6. The van der Waals surface area contributed by atoms with E-state index in [0.717, 1.165) is 11.8 Å². The summed E-state index contributed by atoms with van der Waals surface area (Å²) >= 11 is 0. The molecule has 2 aromatic carbocycles. The highest BCUT2D eigenvalue weighted by atomic mass is 16.7. The third-order valence-corrected chi connectivity index (χ3v) is 2.76. The molecule has 0 spiro atoms. The Morgan fingerprint density at radius 2 is 1.50 bits per heavy atom. The number of carbonyl (C=O) groups excluding carboxylic acids is 1. The van der Waals surface area contributed by atoms with Crippen LogP contribution in [0.4, 0.5) is 0 Å². The number of rotatable bonds is 8. The van der Waals surface area contributed by atoms with E-state index in [9.17, 15) is 4.79 Å². The highest BCUT2D eigenvalue weighted by Crippen LogP contribution is 2.13. The Hall–Kier alpha value is -2.41. The minimum absolute atomic E-state index is 0.0319. The Morgan fingerprint density at radius 1 is 0.917 bits per heavy atom. The summed E-state index contributed by atoms with van der Waals surface area (Å²) < 4.78 is 19.7. The minimum Gasteiger partial charge on any atom is -0.468 e. The van der Waals surface area contributed by atoms with Crippen molar-refractivity contribution in [1.29, 1.82) is 0 Å². The monoisotopic (exact) mass is 334 g/mol. The number of aldehydes is 1. The van der Waals surface area contributed by atoms with Crippen LogP contribution in [-0.2, 0) is 16.1 Å². The van der Waals surface area contributed by atoms with E-state index in [0.29, 0.717) is 17.1 Å². The molecular weight excluding hydrogens is 312 g/mol. The van der Waals surface area contributed by atoms with Gasteiger partial charge in [-0.25, -0.2) is 0 Å². The van der Waals surface area contributed by atoms with E-state index < -0.39 is 0 Å². The number of methoxy groups -OCH3 is 2. The predicted octanol–water partition coefficient (Wildman–Crippen LogP) is 2.64. The van der Waals surface area contributed by atoms with Crippen molar-refractivity contribution < 1.29 is 28.8 Å². The molecule has 2 rings (SSSR count). The van der Waals surface area contributed by atoms with Crippen molar-refractivity contribution in [1.82, 2.24) is 0 Å². The second-order valence-electron chi connectivity index (χ2n) is 4.60. The summed E-state index contributed by atoms with van der Waals surface area (Å²) in [5, 5.41) is 8.80. The molecule has 0 amide bonds. The first-order valence-corrected chi connectivity index (χ1v) is 7.22. The number of hydrogen-bond acceptors (Lipinski definition) is 6. The summed E-state index contributed by atoms with van der Waals surface area (Å²) in [6, 6.07) is 14.2. The first-order valence-electron chi connectivity index (χ1n) is 7.22. The van der Waals surface area contributed by atoms with Gasteiger partial charge in [0.25, 0.3) is 0 Å². The third kappa shape index (κ3) is 7.73. The molecule has 24 heavy (non-hydrogen) atoms. The van der Waals surface area contributed by atoms with Crippen LogP contribution in [0.5, 0.6) is 11.5 Å². The lowest BCUT2D eigenvalue weighted by Gasteiger charge is -2.04. The van der Waals surface area contributed by atoms with Crippen LogP contribution in [0.15, 0.2) is 48.5 Å². The fourth-order valence-corrected chi connectivity index (χ4v) is 1.67. The van der Waals surface area contributed by atoms with Crippen LogP contribution in [0.2, 0.25) is 0 Å². The van der Waals surface area contributed by atoms with Crippen LogP contribution >= 0.6 is 0 Å². The lowest BCUT2D eigenvalue weighted by Crippen LogP contribution is -1.98. The maximum Gasteiger partial charge on any atom is 0.188 e. The molecule has 0 saturated carbocycles. The zero-order valence-corrected chi connectivity index (χ0v) is 13.8. The Morgan fingerprint density at radius 3 is 2.04 bits per heavy atom. The van der Waals surface area contributed by atoms with Gasteiger partial charge in [0.2, 0.25) is 0 Å². The molecule has 6 heteroatoms. The number of benzene rings is 2. The van der Waals surface area contributed by atoms with Crippen molar-refractivity contribution in [3.63, 3.8) is 0 Å². The Bertz CT molecular complexity index is 600. The molecule has 0 fully saturated rings. The standard InChI is InChI=1S/C9H12O3.C9H10O3/c2*1-11-7-12-9-4-2-3-8(5-9)6-10/h2-5,10H,6-7H2,1H3;2-6H,7H2,1H3. The van der Waals surface area contributed by atoms with Gasteiger partial charge in [0, 0.05) is 19.8 Å². The molecule has 0 radical (unpaired) electrons. The van der Waals surface area contributed by atoms with Crippen LogP contribution in [0, 0.1) is 0 Å². The minimum atomic E-state index is 0.0319. The van der Waals surface area contributed by atoms with Crippen molar-refractivity contribution in [2.75, 3.05) is 27.8 Å². The molecule has 0 aromatic heterocycles. The van der Waals surface area contributed by atoms with Crippen LogP contribution in [-0.4, -0.2) is 39.2 Å². The SMILES string of the molecule is COCOc1cccc(C=O)c1.COCOc1cccc(CO)c1. The lowest BCUT2D eigenvalue weighted by molar-refractivity contribution is 0.0508. The summed E-state index contributed by atoms with van der Waals surface area (Å²) in [6.45, 7) is 0.460. The Labute approximate surface area is 141 Å². The molecule has 1 N–H and O–H groups in total. The molecule has 0 saturated heterocycles. The quantitative estimate of drug-likeness (QED) is 0.591. The molecule has 0 atom stereocenters. The summed E-state index contributed by atoms with van der Waals surface area (Å²) in [5.41, 5.74) is 1.44. The fourth-order valence-electron chi connectivity index (χ4n) is 1.67. The summed E-state index contributed by atoms with van der Waals surface area (Å²) in [7, 11) is 3.11. The van der Waals surface area contributed by atoms with Gasteiger partial charge >= 0.3 is 0 Å². The van der Waals surface area contributed by atoms with E-state index in [4.69, 9.17) is 24.1 Å². The van der Waals surface area contributed by atoms with E-state index in [2.05, 4.69) is 0 Å². The normalized spacial score (nSPS) is 9.62. The van der Waals surface area contributed by atoms with Crippen molar-refractivity contribution >= 4 is 6.29 Å². The van der Waals surface area contributed by atoms with Gasteiger partial charge in [-0.1, -0.05) is 24.3 Å². The molecule has 2 aromatic rings. The Kier molecular flexibility index (Phi) is 9.87. The number of carbonyl (C=O) groups is 1. The molecule has 0 aliphatic heterocycles. The molecule has 0 bridgehead atoms. The van der Waals surface area contributed by atoms with Crippen molar-refractivity contribution in [2.45, 2.75) is 6.61 Å². The van der Waals surface area contributed by atoms with Gasteiger partial charge in [-0.15, -0.1) is 0 Å². The predicted molar refractivity (Wildman–Crippen MR) is 89.2 cm³/mol. The number of hydrogen-bond donors (Lipinski definition) is 1. The maximum absolute atomic E-state index is 10.3. The van der Waals surface area contributed by atoms with Crippen LogP contribution in [0.1, 0.15) is 15.9 Å². The van der Waals surface area contributed by atoms with E-state index in [-0.39, 0.29) is 20.2 Å². The van der Waals surface area contributed by atoms with Gasteiger partial charge in [-0.3, -0.25) is 4.79 Å². The summed E-state index contributed by atoms with van der Waals surface area (Å²) in [4.78, 5) is 10.3. The number of aliphatic hydroxyl groups is 1. The fraction of sp³-hybridized carbons (Fsp3) is 0.278. The van der Waals surface area contributed by atoms with Crippen LogP contribution in [0.25, 0.3) is 0 Å². The maximum atomic E-state index is 10.3. The zero-order chi connectivity index (χ0) is 17.6. The molecule has 6 nitrogen and oxygen atoms in total. The van der Waals surface area contributed by atoms with Gasteiger partial charge in [0.05, 0.1) is 6.61 Å². The lowest BCUT2D eigenvalue weighted by atomic mass is 10.2. The van der Waals surface area contributed by atoms with E-state index in [1.807, 2.05) is 18.2 Å². The molecule has 130 valence electrons. The molecule has 0 aliphatic rings. The van der Waals surface area contributed by atoms with E-state index >= 15 is 0 Å². The summed E-state index contributed by atoms with van der Waals surface area (Å²) in [6.07, 6.45) is 0.777. The average Bonchev–Trinajstić information content (AvgIpc) is 2.65. The van der Waals surface area contributed by atoms with Crippen molar-refractivity contribution in [2.24, 2.45) is 0 Å². The van der Waals surface area contributed by atoms with Gasteiger partial charge in [0.1, 0.15) is 17.8 Å². The van der Waals surface area contributed by atoms with E-state index in [1.54, 1.807) is 44.6 Å². The second-order valence-corrected chi connectivity index (χ2v) is 4.60. The largest absolute Gasteiger partial charge is 0.468 e. The van der Waals surface area contributed by atoms with Crippen molar-refractivity contribution in [3.8, 4) is 11.5 Å². The Balaban J connectivity index is 0.000000240. The van der Waals surface area contributed by atoms with Crippen molar-refractivity contribution in [3.05, 3.63) is 59.7 Å². The smallest absolute Gasteiger partial charge is 0.188 e. The molecule has 0 heterocycles. The highest BCUT2D eigenvalue weighted by Gasteiger charge is 1.95. The number of aliphatic hydroxyl groups excluding tert-OH is 1. The molecule has 0 aliphatic carbocycles. The van der Waals surface area contributed by atoms with Crippen LogP contribution < -0.4 is 9.47 Å². The van der Waals surface area contributed by atoms with E-state index in [1.165, 1.54) is 0 Å². The van der Waals surface area contributed by atoms with Gasteiger partial charge in [-0.2, -0.15) is 0 Å². The molecular formula is C18H22O6. The second kappa shape index (κ2) is 12.1. The average molecular weight is 334 g/mol. The van der Waals surface area contributed by atoms with Gasteiger partial charge < -0.3 is 24.1 Å².